The molecule has 0 aromatic carbocycles. The third kappa shape index (κ3) is 6.99. The van der Waals surface area contributed by atoms with Crippen molar-refractivity contribution in [1.82, 2.24) is 20.4 Å². The van der Waals surface area contributed by atoms with Crippen molar-refractivity contribution >= 4 is 12.1 Å². The van der Waals surface area contributed by atoms with E-state index in [2.05, 4.69) is 27.4 Å². The fraction of sp³-hybridized carbons (Fsp3) is 0.889. The van der Waals surface area contributed by atoms with Crippen LogP contribution >= 0.6 is 0 Å². The Morgan fingerprint density at radius 2 is 1.96 bits per heavy atom. The Labute approximate surface area is 157 Å². The highest BCUT2D eigenvalue weighted by Gasteiger charge is 2.24. The third-order valence-electron chi connectivity index (χ3n) is 4.88. The molecule has 26 heavy (non-hydrogen) atoms. The van der Waals surface area contributed by atoms with Crippen molar-refractivity contribution in [3.05, 3.63) is 0 Å². The first kappa shape index (κ1) is 20.8. The van der Waals surface area contributed by atoms with E-state index in [1.165, 1.54) is 0 Å². The number of amides is 1. The van der Waals surface area contributed by atoms with E-state index in [1.54, 1.807) is 11.9 Å². The van der Waals surface area contributed by atoms with Gasteiger partial charge in [0.05, 0.1) is 19.8 Å². The Bertz CT molecular complexity index is 446. The Balaban J connectivity index is 1.65. The van der Waals surface area contributed by atoms with Crippen molar-refractivity contribution in [1.29, 1.82) is 0 Å². The fourth-order valence-corrected chi connectivity index (χ4v) is 3.37. The summed E-state index contributed by atoms with van der Waals surface area (Å²) >= 11 is 0. The smallest absolute Gasteiger partial charge is 0.409 e. The predicted molar refractivity (Wildman–Crippen MR) is 103 cm³/mol. The Kier molecular flexibility index (Phi) is 8.97. The summed E-state index contributed by atoms with van der Waals surface area (Å²) in [7, 11) is 1.80. The second kappa shape index (κ2) is 11.2. The first-order valence-corrected chi connectivity index (χ1v) is 9.81. The molecule has 0 aliphatic carbocycles. The van der Waals surface area contributed by atoms with Gasteiger partial charge in [0.1, 0.15) is 0 Å². The van der Waals surface area contributed by atoms with E-state index < -0.39 is 0 Å². The van der Waals surface area contributed by atoms with Crippen LogP contribution in [0.2, 0.25) is 0 Å². The molecule has 1 amide bonds. The second-order valence-electron chi connectivity index (χ2n) is 7.08. The van der Waals surface area contributed by atoms with Crippen LogP contribution in [0.5, 0.6) is 0 Å². The molecule has 0 spiro atoms. The van der Waals surface area contributed by atoms with Crippen LogP contribution in [0.1, 0.15) is 26.7 Å². The Hall–Kier alpha value is -1.54. The lowest BCUT2D eigenvalue weighted by atomic mass is 10.1. The third-order valence-corrected chi connectivity index (χ3v) is 4.88. The van der Waals surface area contributed by atoms with Gasteiger partial charge in [0.2, 0.25) is 0 Å². The van der Waals surface area contributed by atoms with E-state index in [-0.39, 0.29) is 6.09 Å². The number of piperidine rings is 1. The highest BCUT2D eigenvalue weighted by Crippen LogP contribution is 2.11. The minimum absolute atomic E-state index is 0.203. The van der Waals surface area contributed by atoms with E-state index in [0.717, 1.165) is 71.3 Å². The molecule has 8 heteroatoms. The van der Waals surface area contributed by atoms with E-state index in [0.29, 0.717) is 18.6 Å². The monoisotopic (exact) mass is 369 g/mol. The summed E-state index contributed by atoms with van der Waals surface area (Å²) < 4.78 is 10.5. The van der Waals surface area contributed by atoms with Gasteiger partial charge in [-0.05, 0) is 25.7 Å². The van der Waals surface area contributed by atoms with E-state index in [9.17, 15) is 4.79 Å². The van der Waals surface area contributed by atoms with E-state index in [1.807, 2.05) is 6.92 Å². The van der Waals surface area contributed by atoms with Gasteiger partial charge in [-0.3, -0.25) is 9.89 Å². The quantitative estimate of drug-likeness (QED) is 0.531. The first-order chi connectivity index (χ1) is 12.6. The molecule has 2 fully saturated rings. The summed E-state index contributed by atoms with van der Waals surface area (Å²) in [6.07, 6.45) is 1.61. The van der Waals surface area contributed by atoms with Crippen LogP contribution in [0.4, 0.5) is 4.79 Å². The molecule has 1 atom stereocenters. The average molecular weight is 370 g/mol. The largest absolute Gasteiger partial charge is 0.450 e. The minimum atomic E-state index is -0.203. The topological polar surface area (TPSA) is 78.4 Å². The molecule has 2 heterocycles. The molecule has 0 aromatic rings. The molecule has 1 unspecified atom stereocenters. The van der Waals surface area contributed by atoms with E-state index in [4.69, 9.17) is 9.47 Å². The summed E-state index contributed by atoms with van der Waals surface area (Å²) in [5.41, 5.74) is 0. The normalized spacial score (nSPS) is 21.3. The van der Waals surface area contributed by atoms with Gasteiger partial charge in [0.25, 0.3) is 0 Å². The lowest BCUT2D eigenvalue weighted by molar-refractivity contribution is 0.0320. The van der Waals surface area contributed by atoms with Crippen LogP contribution in [0.15, 0.2) is 4.99 Å². The number of ether oxygens (including phenoxy) is 2. The maximum absolute atomic E-state index is 11.8. The molecule has 2 saturated heterocycles. The summed E-state index contributed by atoms with van der Waals surface area (Å²) in [6, 6.07) is 0.335. The number of aliphatic imine (C=N–C) groups is 1. The maximum atomic E-state index is 11.8. The maximum Gasteiger partial charge on any atom is 0.409 e. The Morgan fingerprint density at radius 3 is 2.58 bits per heavy atom. The van der Waals surface area contributed by atoms with Gasteiger partial charge in [0, 0.05) is 52.4 Å². The molecule has 2 rings (SSSR count). The lowest BCUT2D eigenvalue weighted by Gasteiger charge is -2.33. The summed E-state index contributed by atoms with van der Waals surface area (Å²) in [5, 5.41) is 6.92. The molecule has 0 saturated carbocycles. The van der Waals surface area contributed by atoms with Gasteiger partial charge in [-0.2, -0.15) is 0 Å². The highest BCUT2D eigenvalue weighted by atomic mass is 16.6. The van der Waals surface area contributed by atoms with Crippen LogP contribution in [0.3, 0.4) is 0 Å². The highest BCUT2D eigenvalue weighted by molar-refractivity contribution is 5.80. The van der Waals surface area contributed by atoms with Gasteiger partial charge in [0.15, 0.2) is 5.96 Å². The van der Waals surface area contributed by atoms with Crippen molar-refractivity contribution < 1.29 is 14.3 Å². The molecular weight excluding hydrogens is 334 g/mol. The van der Waals surface area contributed by atoms with Gasteiger partial charge < -0.3 is 25.0 Å². The summed E-state index contributed by atoms with van der Waals surface area (Å²) in [6.45, 7) is 11.7. The number of carbonyl (C=O) groups is 1. The molecule has 0 radical (unpaired) electrons. The predicted octanol–water partition coefficient (Wildman–Crippen LogP) is 0.741. The molecule has 8 nitrogen and oxygen atoms in total. The van der Waals surface area contributed by atoms with Crippen LogP contribution in [-0.4, -0.2) is 94.0 Å². The number of hydrogen-bond donors (Lipinski definition) is 2. The van der Waals surface area contributed by atoms with Crippen LogP contribution < -0.4 is 10.6 Å². The van der Waals surface area contributed by atoms with Crippen molar-refractivity contribution in [2.24, 2.45) is 10.9 Å². The standard InChI is InChI=1S/C18H35N5O3/c1-4-26-18(24)23-7-5-16(6-8-23)21-17(19-3)20-13-15(2)14-22-9-11-25-12-10-22/h15-16H,4-14H2,1-3H3,(H2,19,20,21). The molecule has 150 valence electrons. The number of nitrogens with zero attached hydrogens (tertiary/aromatic N) is 3. The van der Waals surface area contributed by atoms with Crippen molar-refractivity contribution in [2.45, 2.75) is 32.7 Å². The number of hydrogen-bond acceptors (Lipinski definition) is 5. The number of morpholine rings is 1. The summed E-state index contributed by atoms with van der Waals surface area (Å²) in [4.78, 5) is 20.3. The zero-order valence-electron chi connectivity index (χ0n) is 16.5. The zero-order chi connectivity index (χ0) is 18.8. The summed E-state index contributed by atoms with van der Waals surface area (Å²) in [5.74, 6) is 1.38. The van der Waals surface area contributed by atoms with Gasteiger partial charge in [-0.25, -0.2) is 4.79 Å². The Morgan fingerprint density at radius 1 is 1.27 bits per heavy atom. The molecule has 2 N–H and O–H groups in total. The molecule has 0 aromatic heterocycles. The van der Waals surface area contributed by atoms with Crippen LogP contribution in [-0.2, 0) is 9.47 Å². The SMILES string of the molecule is CCOC(=O)N1CCC(NC(=NC)NCC(C)CN2CCOCC2)CC1. The minimum Gasteiger partial charge on any atom is -0.450 e. The first-order valence-electron chi connectivity index (χ1n) is 9.81. The van der Waals surface area contributed by atoms with Gasteiger partial charge in [-0.1, -0.05) is 6.92 Å². The molecule has 2 aliphatic rings. The molecule has 2 aliphatic heterocycles. The number of guanidine groups is 1. The van der Waals surface area contributed by atoms with Crippen LogP contribution in [0.25, 0.3) is 0 Å². The zero-order valence-corrected chi connectivity index (χ0v) is 16.5. The van der Waals surface area contributed by atoms with E-state index >= 15 is 0 Å². The average Bonchev–Trinajstić information content (AvgIpc) is 2.66. The number of rotatable bonds is 6. The fourth-order valence-electron chi connectivity index (χ4n) is 3.37. The van der Waals surface area contributed by atoms with Gasteiger partial charge in [-0.15, -0.1) is 0 Å². The van der Waals surface area contributed by atoms with Crippen molar-refractivity contribution in [2.75, 3.05) is 66.1 Å². The van der Waals surface area contributed by atoms with Crippen LogP contribution in [0, 0.1) is 5.92 Å². The van der Waals surface area contributed by atoms with Crippen molar-refractivity contribution in [3.8, 4) is 0 Å². The van der Waals surface area contributed by atoms with Gasteiger partial charge >= 0.3 is 6.09 Å². The second-order valence-corrected chi connectivity index (χ2v) is 7.08. The number of carbonyl (C=O) groups excluding carboxylic acids is 1. The number of likely N-dealkylation sites (tertiary alicyclic amines) is 1. The molecular formula is C18H35N5O3. The molecule has 0 bridgehead atoms. The lowest BCUT2D eigenvalue weighted by Crippen LogP contribution is -2.50. The number of nitrogens with one attached hydrogen (secondary N) is 2. The van der Waals surface area contributed by atoms with Crippen molar-refractivity contribution in [3.63, 3.8) is 0 Å².